The Kier molecular flexibility index (Phi) is 8.79. The summed E-state index contributed by atoms with van der Waals surface area (Å²) in [5.41, 5.74) is 0. The predicted octanol–water partition coefficient (Wildman–Crippen LogP) is 2.75. The summed E-state index contributed by atoms with van der Waals surface area (Å²) in [5, 5.41) is 0. The van der Waals surface area contributed by atoms with Crippen molar-refractivity contribution in [2.45, 2.75) is 0 Å². The Morgan fingerprint density at radius 1 is 0.833 bits per heavy atom. The van der Waals surface area contributed by atoms with Gasteiger partial charge in [-0.3, -0.25) is 0 Å². The number of halogens is 4. The molecule has 0 saturated heterocycles. The van der Waals surface area contributed by atoms with E-state index in [1.807, 2.05) is 0 Å². The monoisotopic (exact) mass is 418 g/mol. The van der Waals surface area contributed by atoms with Crippen molar-refractivity contribution in [3.63, 3.8) is 0 Å². The van der Waals surface area contributed by atoms with Gasteiger partial charge in [0, 0.05) is 25.8 Å². The van der Waals surface area contributed by atoms with E-state index < -0.39 is 11.9 Å². The summed E-state index contributed by atoms with van der Waals surface area (Å²) in [4.78, 5) is 0. The molecule has 0 atom stereocenters. The van der Waals surface area contributed by atoms with Crippen LogP contribution in [0.2, 0.25) is 0 Å². The van der Waals surface area contributed by atoms with E-state index in [4.69, 9.17) is 37.7 Å². The van der Waals surface area contributed by atoms with Gasteiger partial charge in [0.05, 0.1) is 0 Å². The van der Waals surface area contributed by atoms with Crippen LogP contribution < -0.4 is 0 Å². The molecule has 0 unspecified atom stereocenters. The Balaban J connectivity index is 0. The van der Waals surface area contributed by atoms with E-state index >= 15 is 0 Å². The van der Waals surface area contributed by atoms with Gasteiger partial charge < -0.3 is 0 Å². The molecule has 0 N–H and O–H groups in total. The van der Waals surface area contributed by atoms with Gasteiger partial charge >= 0.3 is 49.6 Å². The van der Waals surface area contributed by atoms with E-state index in [1.165, 1.54) is 0 Å². The van der Waals surface area contributed by atoms with Crippen molar-refractivity contribution in [3.05, 3.63) is 0 Å². The molecule has 0 aromatic rings. The van der Waals surface area contributed by atoms with Crippen LogP contribution in [0.3, 0.4) is 0 Å². The Bertz CT molecular complexity index is 23.0. The van der Waals surface area contributed by atoms with Crippen molar-refractivity contribution in [1.82, 2.24) is 0 Å². The molecule has 0 aliphatic heterocycles. The molecule has 0 spiro atoms. The summed E-state index contributed by atoms with van der Waals surface area (Å²) in [6.45, 7) is 0. The van der Waals surface area contributed by atoms with E-state index in [0.717, 1.165) is 0 Å². The average Bonchev–Trinajstić information content (AvgIpc) is 0.722. The predicted molar refractivity (Wildman–Crippen MR) is 23.4 cm³/mol. The first-order chi connectivity index (χ1) is 2.00. The molecule has 0 heterocycles. The molecule has 38 valence electrons. The van der Waals surface area contributed by atoms with Gasteiger partial charge in [0.1, 0.15) is 0 Å². The van der Waals surface area contributed by atoms with Crippen LogP contribution in [0.5, 0.6) is 0 Å². The average molecular weight is 416 g/mol. The molecule has 0 aliphatic carbocycles. The van der Waals surface area contributed by atoms with Gasteiger partial charge in [-0.2, -0.15) is 0 Å². The minimum absolute atomic E-state index is 0. The van der Waals surface area contributed by atoms with Gasteiger partial charge in [0.2, 0.25) is 0 Å². The minimum atomic E-state index is -3.13. The first-order valence-corrected chi connectivity index (χ1v) is 11.0. The Hall–Kier alpha value is 2.72. The Labute approximate surface area is 74.2 Å². The normalized spacial score (nSPS) is 12.7. The van der Waals surface area contributed by atoms with Gasteiger partial charge in [-0.15, -0.1) is 0 Å². The fraction of sp³-hybridized carbons (Fsp3) is 0. The SMILES string of the molecule is [Cl][Mo]([Cl])([Cl])[Cl].[Hf]. The zero-order valence-electron chi connectivity index (χ0n) is 2.42. The molecule has 0 amide bonds. The second-order valence-electron chi connectivity index (χ2n) is 0.350. The van der Waals surface area contributed by atoms with Gasteiger partial charge in [0.15, 0.2) is 0 Å². The van der Waals surface area contributed by atoms with Crippen LogP contribution in [-0.4, -0.2) is 0 Å². The molecule has 0 fully saturated rings. The second-order valence-corrected chi connectivity index (χ2v) is 18.6. The molecule has 0 aromatic heterocycles. The first-order valence-electron chi connectivity index (χ1n) is 0.617. The third kappa shape index (κ3) is 29.7. The van der Waals surface area contributed by atoms with Crippen molar-refractivity contribution >= 4 is 37.7 Å². The van der Waals surface area contributed by atoms with Crippen LogP contribution >= 0.6 is 37.7 Å². The van der Waals surface area contributed by atoms with E-state index in [1.54, 1.807) is 0 Å². The van der Waals surface area contributed by atoms with Crippen LogP contribution in [0.4, 0.5) is 0 Å². The standard InChI is InChI=1S/4ClH.Hf.Mo/h4*1H;;/q;;;;;+4/p-4. The molecular weight excluding hydrogens is 416 g/mol. The molecule has 6 heavy (non-hydrogen) atoms. The van der Waals surface area contributed by atoms with Gasteiger partial charge in [0.25, 0.3) is 0 Å². The molecule has 0 bridgehead atoms. The fourth-order valence-electron chi connectivity index (χ4n) is 0. The summed E-state index contributed by atoms with van der Waals surface area (Å²) in [7, 11) is 20.1. The molecule has 0 radical (unpaired) electrons. The van der Waals surface area contributed by atoms with Gasteiger partial charge in [-0.05, 0) is 0 Å². The Morgan fingerprint density at radius 2 is 0.833 bits per heavy atom. The van der Waals surface area contributed by atoms with Crippen molar-refractivity contribution in [3.8, 4) is 0 Å². The Morgan fingerprint density at radius 3 is 0.833 bits per heavy atom. The molecule has 0 aliphatic rings. The van der Waals surface area contributed by atoms with Crippen molar-refractivity contribution in [1.29, 1.82) is 0 Å². The number of hydrogen-bond donors (Lipinski definition) is 0. The van der Waals surface area contributed by atoms with E-state index in [9.17, 15) is 0 Å². The first kappa shape index (κ1) is 11.5. The fourth-order valence-corrected chi connectivity index (χ4v) is 0. The quantitative estimate of drug-likeness (QED) is 0.533. The third-order valence-electron chi connectivity index (χ3n) is 0. The van der Waals surface area contributed by atoms with Crippen molar-refractivity contribution in [2.75, 3.05) is 0 Å². The zero-order valence-corrected chi connectivity index (χ0v) is 11.0. The summed E-state index contributed by atoms with van der Waals surface area (Å²) >= 11 is -3.13. The molecule has 0 rings (SSSR count). The van der Waals surface area contributed by atoms with Crippen molar-refractivity contribution in [2.24, 2.45) is 0 Å². The van der Waals surface area contributed by atoms with Crippen LogP contribution in [0, 0.1) is 0 Å². The summed E-state index contributed by atoms with van der Waals surface area (Å²) < 4.78 is 0. The van der Waals surface area contributed by atoms with E-state index in [0.29, 0.717) is 0 Å². The molecule has 0 saturated carbocycles. The van der Waals surface area contributed by atoms with Gasteiger partial charge in [-0.25, -0.2) is 0 Å². The van der Waals surface area contributed by atoms with Crippen LogP contribution in [-0.2, 0) is 37.7 Å². The summed E-state index contributed by atoms with van der Waals surface area (Å²) in [6.07, 6.45) is 0. The maximum Gasteiger partial charge on any atom is 0 e. The summed E-state index contributed by atoms with van der Waals surface area (Å²) in [6, 6.07) is 0. The zero-order chi connectivity index (χ0) is 4.50. The topological polar surface area (TPSA) is 0 Å². The largest absolute Gasteiger partial charge is 0 e. The molecule has 0 aromatic carbocycles. The summed E-state index contributed by atoms with van der Waals surface area (Å²) in [5.74, 6) is 0. The smallest absolute Gasteiger partial charge is 0 e. The second kappa shape index (κ2) is 4.58. The van der Waals surface area contributed by atoms with Crippen LogP contribution in [0.15, 0.2) is 0 Å². The molecule has 0 nitrogen and oxygen atoms in total. The van der Waals surface area contributed by atoms with Crippen molar-refractivity contribution < 1.29 is 37.7 Å². The van der Waals surface area contributed by atoms with E-state index in [-0.39, 0.29) is 25.8 Å². The third-order valence-corrected chi connectivity index (χ3v) is 0. The van der Waals surface area contributed by atoms with Crippen LogP contribution in [0.1, 0.15) is 0 Å². The number of hydrogen-bond acceptors (Lipinski definition) is 0. The van der Waals surface area contributed by atoms with E-state index in [2.05, 4.69) is 0 Å². The maximum absolute atomic E-state index is 5.02. The molecule has 6 heteroatoms. The number of rotatable bonds is 0. The maximum atomic E-state index is 5.02. The van der Waals surface area contributed by atoms with Gasteiger partial charge in [-0.1, -0.05) is 0 Å². The molecular formula is Cl4HfMo. The van der Waals surface area contributed by atoms with Crippen LogP contribution in [0.25, 0.3) is 0 Å². The minimum Gasteiger partial charge on any atom is 0 e.